The van der Waals surface area contributed by atoms with Gasteiger partial charge in [0.2, 0.25) is 0 Å². The molecule has 6 heteroatoms. The van der Waals surface area contributed by atoms with Gasteiger partial charge in [-0.05, 0) is 25.7 Å². The van der Waals surface area contributed by atoms with Gasteiger partial charge in [-0.15, -0.1) is 0 Å². The Labute approximate surface area is 112 Å². The molecule has 2 heterocycles. The lowest BCUT2D eigenvalue weighted by Gasteiger charge is -2.37. The van der Waals surface area contributed by atoms with Crippen LogP contribution < -0.4 is 16.6 Å². The zero-order chi connectivity index (χ0) is 13.3. The summed E-state index contributed by atoms with van der Waals surface area (Å²) in [5, 5.41) is 3.29. The van der Waals surface area contributed by atoms with Crippen LogP contribution in [-0.2, 0) is 4.74 Å². The molecule has 0 spiro atoms. The van der Waals surface area contributed by atoms with Crippen molar-refractivity contribution in [2.45, 2.75) is 37.3 Å². The van der Waals surface area contributed by atoms with E-state index < -0.39 is 0 Å². The van der Waals surface area contributed by atoms with Crippen molar-refractivity contribution in [3.8, 4) is 0 Å². The molecule has 1 aromatic heterocycles. The molecule has 0 radical (unpaired) electrons. The lowest BCUT2D eigenvalue weighted by Crippen LogP contribution is -2.51. The minimum Gasteiger partial charge on any atom is -0.381 e. The quantitative estimate of drug-likeness (QED) is 0.827. The summed E-state index contributed by atoms with van der Waals surface area (Å²) >= 11 is 0. The highest BCUT2D eigenvalue weighted by molar-refractivity contribution is 5.36. The molecule has 1 saturated heterocycles. The molecule has 6 nitrogen and oxygen atoms in total. The van der Waals surface area contributed by atoms with Gasteiger partial charge in [-0.25, -0.2) is 4.98 Å². The normalized spacial score (nSPS) is 22.2. The van der Waals surface area contributed by atoms with Crippen molar-refractivity contribution in [3.05, 3.63) is 22.7 Å². The second kappa shape index (κ2) is 4.94. The Balaban J connectivity index is 1.85. The van der Waals surface area contributed by atoms with Gasteiger partial charge in [0.15, 0.2) is 5.82 Å². The van der Waals surface area contributed by atoms with Crippen LogP contribution >= 0.6 is 0 Å². The Morgan fingerprint density at radius 3 is 2.84 bits per heavy atom. The van der Waals surface area contributed by atoms with Crippen molar-refractivity contribution < 1.29 is 4.74 Å². The number of nitrogens with two attached hydrogens (primary N) is 1. The van der Waals surface area contributed by atoms with Crippen LogP contribution in [0.4, 0.5) is 5.82 Å². The van der Waals surface area contributed by atoms with Gasteiger partial charge in [-0.2, -0.15) is 0 Å². The zero-order valence-corrected chi connectivity index (χ0v) is 11.0. The molecule has 3 rings (SSSR count). The molecule has 1 aromatic rings. The summed E-state index contributed by atoms with van der Waals surface area (Å²) in [6.07, 6.45) is 7.24. The number of anilines is 1. The summed E-state index contributed by atoms with van der Waals surface area (Å²) in [5.74, 6) is 0.418. The first-order valence-corrected chi connectivity index (χ1v) is 6.87. The van der Waals surface area contributed by atoms with E-state index in [1.54, 1.807) is 17.0 Å². The molecule has 1 saturated carbocycles. The van der Waals surface area contributed by atoms with E-state index in [2.05, 4.69) is 10.3 Å². The van der Waals surface area contributed by atoms with E-state index in [4.69, 9.17) is 10.5 Å². The monoisotopic (exact) mass is 264 g/mol. The van der Waals surface area contributed by atoms with Gasteiger partial charge in [0.1, 0.15) is 0 Å². The molecule has 1 aliphatic heterocycles. The van der Waals surface area contributed by atoms with Gasteiger partial charge in [-0.3, -0.25) is 4.79 Å². The third kappa shape index (κ3) is 2.50. The smallest absolute Gasteiger partial charge is 0.293 e. The number of rotatable bonds is 4. The van der Waals surface area contributed by atoms with Crippen LogP contribution in [0.1, 0.15) is 31.7 Å². The molecule has 1 aliphatic carbocycles. The minimum atomic E-state index is -0.257. The molecule has 2 aliphatic rings. The van der Waals surface area contributed by atoms with Gasteiger partial charge >= 0.3 is 0 Å². The molecular formula is C13H20N4O2. The molecule has 0 aromatic carbocycles. The third-order valence-corrected chi connectivity index (χ3v) is 4.03. The predicted molar refractivity (Wildman–Crippen MR) is 72.2 cm³/mol. The fourth-order valence-electron chi connectivity index (χ4n) is 2.54. The first kappa shape index (κ1) is 12.6. The van der Waals surface area contributed by atoms with Crippen LogP contribution in [0.15, 0.2) is 17.2 Å². The van der Waals surface area contributed by atoms with Gasteiger partial charge in [0, 0.05) is 38.2 Å². The van der Waals surface area contributed by atoms with E-state index in [0.717, 1.165) is 25.7 Å². The highest BCUT2D eigenvalue weighted by Crippen LogP contribution is 2.33. The van der Waals surface area contributed by atoms with E-state index in [1.165, 1.54) is 0 Å². The Kier molecular flexibility index (Phi) is 3.28. The number of nitrogens with zero attached hydrogens (tertiary/aromatic N) is 2. The summed E-state index contributed by atoms with van der Waals surface area (Å²) < 4.78 is 7.14. The van der Waals surface area contributed by atoms with Crippen LogP contribution in [0, 0.1) is 0 Å². The number of aromatic nitrogens is 2. The van der Waals surface area contributed by atoms with Crippen molar-refractivity contribution in [3.63, 3.8) is 0 Å². The summed E-state index contributed by atoms with van der Waals surface area (Å²) in [6, 6.07) is 0.361. The second-order valence-corrected chi connectivity index (χ2v) is 5.44. The summed E-state index contributed by atoms with van der Waals surface area (Å²) in [5.41, 5.74) is 5.60. The predicted octanol–water partition coefficient (Wildman–Crippen LogP) is 0.498. The average Bonchev–Trinajstić information content (AvgIpc) is 3.27. The third-order valence-electron chi connectivity index (χ3n) is 4.03. The molecule has 0 amide bonds. The maximum Gasteiger partial charge on any atom is 0.293 e. The SMILES string of the molecule is NCC1(Nc2nccn(C3CC3)c2=O)CCOCC1. The second-order valence-electron chi connectivity index (χ2n) is 5.44. The van der Waals surface area contributed by atoms with Crippen molar-refractivity contribution in [1.29, 1.82) is 0 Å². The standard InChI is InChI=1S/C13H20N4O2/c14-9-13(3-7-19-8-4-13)16-11-12(18)17(6-5-15-11)10-1-2-10/h5-6,10H,1-4,7-9,14H2,(H,15,16). The topological polar surface area (TPSA) is 82.2 Å². The lowest BCUT2D eigenvalue weighted by molar-refractivity contribution is 0.0626. The van der Waals surface area contributed by atoms with Crippen molar-refractivity contribution in [1.82, 2.24) is 9.55 Å². The molecule has 19 heavy (non-hydrogen) atoms. The molecule has 0 unspecified atom stereocenters. The molecule has 0 bridgehead atoms. The van der Waals surface area contributed by atoms with Crippen molar-refractivity contribution in [2.75, 3.05) is 25.1 Å². The number of hydrogen-bond donors (Lipinski definition) is 2. The molecule has 3 N–H and O–H groups in total. The van der Waals surface area contributed by atoms with Gasteiger partial charge in [0.25, 0.3) is 5.56 Å². The average molecular weight is 264 g/mol. The van der Waals surface area contributed by atoms with E-state index in [1.807, 2.05) is 0 Å². The van der Waals surface area contributed by atoms with Crippen LogP contribution in [0.25, 0.3) is 0 Å². The first-order chi connectivity index (χ1) is 9.24. The molecule has 104 valence electrons. The Morgan fingerprint density at radius 1 is 1.47 bits per heavy atom. The van der Waals surface area contributed by atoms with Gasteiger partial charge < -0.3 is 20.4 Å². The van der Waals surface area contributed by atoms with Crippen LogP contribution in [0.5, 0.6) is 0 Å². The molecule has 0 atom stereocenters. The maximum absolute atomic E-state index is 12.3. The van der Waals surface area contributed by atoms with Crippen LogP contribution in [0.2, 0.25) is 0 Å². The Hall–Kier alpha value is -1.40. The number of hydrogen-bond acceptors (Lipinski definition) is 5. The van der Waals surface area contributed by atoms with Crippen LogP contribution in [0.3, 0.4) is 0 Å². The first-order valence-electron chi connectivity index (χ1n) is 6.87. The van der Waals surface area contributed by atoms with E-state index in [0.29, 0.717) is 31.6 Å². The summed E-state index contributed by atoms with van der Waals surface area (Å²) in [7, 11) is 0. The largest absolute Gasteiger partial charge is 0.381 e. The van der Waals surface area contributed by atoms with Crippen molar-refractivity contribution >= 4 is 5.82 Å². The minimum absolute atomic E-state index is 0.0377. The Bertz CT molecular complexity index is 504. The number of nitrogens with one attached hydrogen (secondary N) is 1. The van der Waals surface area contributed by atoms with Crippen LogP contribution in [-0.4, -0.2) is 34.8 Å². The fourth-order valence-corrected chi connectivity index (χ4v) is 2.54. The zero-order valence-electron chi connectivity index (χ0n) is 11.0. The Morgan fingerprint density at radius 2 is 2.21 bits per heavy atom. The van der Waals surface area contributed by atoms with Crippen molar-refractivity contribution in [2.24, 2.45) is 5.73 Å². The summed E-state index contributed by atoms with van der Waals surface area (Å²) in [6.45, 7) is 1.83. The van der Waals surface area contributed by atoms with Gasteiger partial charge in [0.05, 0.1) is 5.54 Å². The van der Waals surface area contributed by atoms with E-state index >= 15 is 0 Å². The van der Waals surface area contributed by atoms with E-state index in [9.17, 15) is 4.79 Å². The fraction of sp³-hybridized carbons (Fsp3) is 0.692. The highest BCUT2D eigenvalue weighted by Gasteiger charge is 2.33. The number of ether oxygens (including phenoxy) is 1. The van der Waals surface area contributed by atoms with E-state index in [-0.39, 0.29) is 11.1 Å². The summed E-state index contributed by atoms with van der Waals surface area (Å²) in [4.78, 5) is 16.5. The maximum atomic E-state index is 12.3. The lowest BCUT2D eigenvalue weighted by atomic mass is 9.90. The highest BCUT2D eigenvalue weighted by atomic mass is 16.5. The molecular weight excluding hydrogens is 244 g/mol. The molecule has 2 fully saturated rings. The van der Waals surface area contributed by atoms with Gasteiger partial charge in [-0.1, -0.05) is 0 Å².